The number of carboxylic acids is 2. The molecule has 12 nitrogen and oxygen atoms in total. The van der Waals surface area contributed by atoms with Gasteiger partial charge in [-0.2, -0.15) is 13.2 Å². The fourth-order valence-electron chi connectivity index (χ4n) is 4.48. The van der Waals surface area contributed by atoms with Crippen LogP contribution >= 0.6 is 0 Å². The van der Waals surface area contributed by atoms with Crippen LogP contribution in [-0.4, -0.2) is 96.0 Å². The van der Waals surface area contributed by atoms with E-state index in [4.69, 9.17) is 35.6 Å². The van der Waals surface area contributed by atoms with Crippen LogP contribution in [0.15, 0.2) is 36.4 Å². The topological polar surface area (TPSA) is 192 Å². The molecule has 0 bridgehead atoms. The number of halogens is 3. The third kappa shape index (κ3) is 12.3. The molecule has 244 valence electrons. The number of carboxylic acid groups (broad SMARTS) is 2. The van der Waals surface area contributed by atoms with E-state index in [1.165, 1.54) is 6.07 Å². The lowest BCUT2D eigenvalue weighted by Gasteiger charge is -2.22. The summed E-state index contributed by atoms with van der Waals surface area (Å²) >= 11 is 0. The van der Waals surface area contributed by atoms with Gasteiger partial charge in [-0.3, -0.25) is 9.59 Å². The predicted molar refractivity (Wildman–Crippen MR) is 153 cm³/mol. The molecule has 2 aromatic rings. The molecule has 1 amide bonds. The normalized spacial score (nSPS) is 13.7. The number of carbonyl (C=O) groups is 3. The molecule has 1 aliphatic heterocycles. The summed E-state index contributed by atoms with van der Waals surface area (Å²) < 4.78 is 47.8. The number of hydrogen-bond acceptors (Lipinski definition) is 9. The molecule has 44 heavy (non-hydrogen) atoms. The maximum absolute atomic E-state index is 12.4. The van der Waals surface area contributed by atoms with Gasteiger partial charge in [0, 0.05) is 32.3 Å². The molecule has 3 rings (SSSR count). The monoisotopic (exact) mass is 629 g/mol. The molecular weight excluding hydrogens is 591 g/mol. The Morgan fingerprint density at radius 1 is 1.11 bits per heavy atom. The van der Waals surface area contributed by atoms with Crippen molar-refractivity contribution in [2.45, 2.75) is 50.9 Å². The molecule has 0 aliphatic carbocycles. The van der Waals surface area contributed by atoms with Crippen molar-refractivity contribution in [2.24, 2.45) is 5.73 Å². The lowest BCUT2D eigenvalue weighted by atomic mass is 9.98. The number of nitrogens with one attached hydrogen (secondary N) is 1. The SMILES string of the molecule is C[C@H](Cc1cc2c(c(C(N)=O)c1)N(CCCO)CC2)NCCOc1ccccc1OCC(F)(F)F.O=C(O)CC(O)C(=O)O. The lowest BCUT2D eigenvalue weighted by molar-refractivity contribution is -0.153. The van der Waals surface area contributed by atoms with E-state index in [-0.39, 0.29) is 30.8 Å². The molecule has 0 spiro atoms. The Bertz CT molecular complexity index is 1260. The number of benzene rings is 2. The van der Waals surface area contributed by atoms with Gasteiger partial charge in [0.1, 0.15) is 6.61 Å². The summed E-state index contributed by atoms with van der Waals surface area (Å²) in [6.45, 7) is 2.89. The zero-order valence-electron chi connectivity index (χ0n) is 24.2. The Kier molecular flexibility index (Phi) is 14.2. The van der Waals surface area contributed by atoms with E-state index in [9.17, 15) is 27.6 Å². The van der Waals surface area contributed by atoms with Crippen LogP contribution in [0.2, 0.25) is 0 Å². The van der Waals surface area contributed by atoms with E-state index < -0.39 is 43.2 Å². The standard InChI is InChI=1S/C25H32F3N3O4.C4H6O5/c1-17(30-8-12-34-21-5-2-3-6-22(21)35-16-25(26,27)28)13-18-14-19-7-10-31(9-4-11-32)23(19)20(15-18)24(29)33;5-2(4(8)9)1-3(6)7/h2-3,5-6,14-15,17,30,32H,4,7-13,16H2,1H3,(H2,29,33);2,5H,1H2,(H,6,7)(H,8,9)/t17-;/m1./s1. The van der Waals surface area contributed by atoms with Crippen molar-refractivity contribution < 1.29 is 57.5 Å². The number of nitrogens with zero attached hydrogens (tertiary/aromatic N) is 1. The Labute approximate surface area is 252 Å². The fraction of sp³-hybridized carbons (Fsp3) is 0.483. The summed E-state index contributed by atoms with van der Waals surface area (Å²) in [4.78, 5) is 33.6. The van der Waals surface area contributed by atoms with Gasteiger partial charge in [-0.15, -0.1) is 0 Å². The summed E-state index contributed by atoms with van der Waals surface area (Å²) in [6.07, 6.45) is -4.86. The Hall–Kier alpha value is -4.08. The number of hydrogen-bond donors (Lipinski definition) is 6. The number of carbonyl (C=O) groups excluding carboxylic acids is 1. The number of anilines is 1. The van der Waals surface area contributed by atoms with Crippen LogP contribution in [0.5, 0.6) is 11.5 Å². The highest BCUT2D eigenvalue weighted by Gasteiger charge is 2.29. The van der Waals surface area contributed by atoms with Crippen LogP contribution in [0, 0.1) is 0 Å². The first kappa shape index (κ1) is 36.1. The second-order valence-corrected chi connectivity index (χ2v) is 10.0. The maximum Gasteiger partial charge on any atom is 0.422 e. The van der Waals surface area contributed by atoms with Crippen LogP contribution in [0.3, 0.4) is 0 Å². The van der Waals surface area contributed by atoms with Gasteiger partial charge in [0.05, 0.1) is 17.7 Å². The highest BCUT2D eigenvalue weighted by Crippen LogP contribution is 2.33. The van der Waals surface area contributed by atoms with Crippen molar-refractivity contribution in [1.82, 2.24) is 5.32 Å². The minimum atomic E-state index is -4.42. The molecule has 1 heterocycles. The number of ether oxygens (including phenoxy) is 2. The minimum absolute atomic E-state index is 0.0445. The van der Waals surface area contributed by atoms with Crippen molar-refractivity contribution >= 4 is 23.5 Å². The van der Waals surface area contributed by atoms with Crippen LogP contribution in [-0.2, 0) is 22.4 Å². The first-order chi connectivity index (χ1) is 20.7. The van der Waals surface area contributed by atoms with Crippen molar-refractivity contribution in [3.8, 4) is 11.5 Å². The van der Waals surface area contributed by atoms with E-state index in [1.54, 1.807) is 18.2 Å². The number of fused-ring (bicyclic) bond motifs is 1. The van der Waals surface area contributed by atoms with E-state index in [1.807, 2.05) is 13.0 Å². The molecular formula is C29H38F3N3O9. The summed E-state index contributed by atoms with van der Waals surface area (Å²) in [5.41, 5.74) is 9.12. The van der Waals surface area contributed by atoms with E-state index in [2.05, 4.69) is 16.3 Å². The van der Waals surface area contributed by atoms with Crippen molar-refractivity contribution in [3.63, 3.8) is 0 Å². The first-order valence-electron chi connectivity index (χ1n) is 13.8. The third-order valence-electron chi connectivity index (χ3n) is 6.36. The van der Waals surface area contributed by atoms with Gasteiger partial charge in [-0.05, 0) is 55.5 Å². The molecule has 0 aromatic heterocycles. The largest absolute Gasteiger partial charge is 0.488 e. The second kappa shape index (κ2) is 17.3. The average Bonchev–Trinajstić information content (AvgIpc) is 3.35. The van der Waals surface area contributed by atoms with Crippen LogP contribution in [0.25, 0.3) is 0 Å². The maximum atomic E-state index is 12.4. The number of aliphatic hydroxyl groups is 2. The van der Waals surface area contributed by atoms with Gasteiger partial charge in [0.2, 0.25) is 0 Å². The van der Waals surface area contributed by atoms with Crippen LogP contribution < -0.4 is 25.4 Å². The molecule has 2 aromatic carbocycles. The number of alkyl halides is 3. The quantitative estimate of drug-likeness (QED) is 0.149. The molecule has 1 unspecified atom stereocenters. The van der Waals surface area contributed by atoms with Crippen LogP contribution in [0.4, 0.5) is 18.9 Å². The Morgan fingerprint density at radius 3 is 2.32 bits per heavy atom. The van der Waals surface area contributed by atoms with Gasteiger partial charge in [0.15, 0.2) is 24.2 Å². The van der Waals surface area contributed by atoms with Crippen LogP contribution in [0.1, 0.15) is 41.3 Å². The van der Waals surface area contributed by atoms with Crippen molar-refractivity contribution in [1.29, 1.82) is 0 Å². The summed E-state index contributed by atoms with van der Waals surface area (Å²) in [5, 5.41) is 36.6. The third-order valence-corrected chi connectivity index (χ3v) is 6.36. The summed E-state index contributed by atoms with van der Waals surface area (Å²) in [6, 6.07) is 10.2. The number of para-hydroxylation sites is 2. The Balaban J connectivity index is 0.000000651. The van der Waals surface area contributed by atoms with Gasteiger partial charge in [-0.25, -0.2) is 4.79 Å². The highest BCUT2D eigenvalue weighted by atomic mass is 19.4. The average molecular weight is 630 g/mol. The molecule has 0 saturated heterocycles. The van der Waals surface area contributed by atoms with Crippen molar-refractivity contribution in [3.05, 3.63) is 53.1 Å². The van der Waals surface area contributed by atoms with Gasteiger partial charge in [0.25, 0.3) is 5.91 Å². The van der Waals surface area contributed by atoms with E-state index in [0.29, 0.717) is 31.5 Å². The number of amides is 1. The number of aliphatic hydroxyl groups excluding tert-OH is 2. The van der Waals surface area contributed by atoms with Gasteiger partial charge in [-0.1, -0.05) is 18.2 Å². The molecule has 0 fully saturated rings. The predicted octanol–water partition coefficient (Wildman–Crippen LogP) is 1.98. The van der Waals surface area contributed by atoms with Gasteiger partial charge < -0.3 is 45.9 Å². The minimum Gasteiger partial charge on any atom is -0.488 e. The molecule has 0 radical (unpaired) electrons. The fourth-order valence-corrected chi connectivity index (χ4v) is 4.48. The smallest absolute Gasteiger partial charge is 0.422 e. The zero-order chi connectivity index (χ0) is 32.9. The summed E-state index contributed by atoms with van der Waals surface area (Å²) in [7, 11) is 0. The zero-order valence-corrected chi connectivity index (χ0v) is 24.2. The summed E-state index contributed by atoms with van der Waals surface area (Å²) in [5.74, 6) is -3.02. The lowest BCUT2D eigenvalue weighted by Crippen LogP contribution is -2.32. The van der Waals surface area contributed by atoms with E-state index in [0.717, 1.165) is 29.8 Å². The van der Waals surface area contributed by atoms with Gasteiger partial charge >= 0.3 is 18.1 Å². The Morgan fingerprint density at radius 2 is 1.77 bits per heavy atom. The highest BCUT2D eigenvalue weighted by molar-refractivity contribution is 6.00. The molecule has 1 aliphatic rings. The number of rotatable bonds is 16. The second-order valence-electron chi connectivity index (χ2n) is 10.0. The molecule has 0 saturated carbocycles. The van der Waals surface area contributed by atoms with Crippen molar-refractivity contribution in [2.75, 3.05) is 44.4 Å². The number of primary amides is 1. The number of nitrogens with two attached hydrogens (primary N) is 1. The van der Waals surface area contributed by atoms with E-state index >= 15 is 0 Å². The molecule has 15 heteroatoms. The first-order valence-corrected chi connectivity index (χ1v) is 13.8. The molecule has 7 N–H and O–H groups in total. The number of aliphatic carboxylic acids is 2. The molecule has 2 atom stereocenters.